The molecule has 21 heavy (non-hydrogen) atoms. The molecule has 0 aromatic carbocycles. The van der Waals surface area contributed by atoms with Gasteiger partial charge in [0.25, 0.3) is 0 Å². The monoisotopic (exact) mass is 344 g/mol. The fourth-order valence-electron chi connectivity index (χ4n) is 2.18. The fourth-order valence-corrected chi connectivity index (χ4v) is 3.64. The van der Waals surface area contributed by atoms with E-state index in [0.29, 0.717) is 31.2 Å². The summed E-state index contributed by atoms with van der Waals surface area (Å²) in [6.45, 7) is 0.328. The minimum Gasteiger partial charge on any atom is -0.361 e. The minimum atomic E-state index is -4.18. The predicted octanol–water partition coefficient (Wildman–Crippen LogP) is 1.09. The summed E-state index contributed by atoms with van der Waals surface area (Å²) >= 11 is 0.905. The van der Waals surface area contributed by atoms with Crippen LogP contribution >= 0.6 is 11.3 Å². The first-order valence-electron chi connectivity index (χ1n) is 6.15. The van der Waals surface area contributed by atoms with Crippen LogP contribution in [0.2, 0.25) is 0 Å². The standard InChI is InChI=1S/C10H15F3N4O2S2/c11-10(12,13)6-17-2-1-7(5-17)3-15-9-16-4-8(20-9)21(14,18)19/h4,7H,1-3,5-6H2,(H,15,16)(H2,14,18,19)/t7-/m1/s1. The number of aromatic nitrogens is 1. The summed E-state index contributed by atoms with van der Waals surface area (Å²) in [5.74, 6) is 0.0779. The van der Waals surface area contributed by atoms with Crippen molar-refractivity contribution in [1.29, 1.82) is 0 Å². The molecule has 1 aliphatic rings. The molecular weight excluding hydrogens is 329 g/mol. The minimum absolute atomic E-state index is 0.0462. The Bertz CT molecular complexity index is 587. The van der Waals surface area contributed by atoms with E-state index in [1.807, 2.05) is 0 Å². The molecule has 0 aliphatic carbocycles. The largest absolute Gasteiger partial charge is 0.401 e. The topological polar surface area (TPSA) is 88.3 Å². The van der Waals surface area contributed by atoms with E-state index in [9.17, 15) is 21.6 Å². The molecule has 6 nitrogen and oxygen atoms in total. The maximum absolute atomic E-state index is 12.3. The van der Waals surface area contributed by atoms with Crippen LogP contribution < -0.4 is 10.5 Å². The van der Waals surface area contributed by atoms with Gasteiger partial charge in [0.15, 0.2) is 9.34 Å². The maximum atomic E-state index is 12.3. The predicted molar refractivity (Wildman–Crippen MR) is 72.6 cm³/mol. The van der Waals surface area contributed by atoms with Gasteiger partial charge in [-0.2, -0.15) is 13.2 Å². The van der Waals surface area contributed by atoms with Gasteiger partial charge < -0.3 is 5.32 Å². The molecule has 0 bridgehead atoms. The van der Waals surface area contributed by atoms with Crippen LogP contribution in [0.3, 0.4) is 0 Å². The van der Waals surface area contributed by atoms with E-state index in [2.05, 4.69) is 10.3 Å². The smallest absolute Gasteiger partial charge is 0.361 e. The molecule has 1 saturated heterocycles. The highest BCUT2D eigenvalue weighted by Crippen LogP contribution is 2.25. The van der Waals surface area contributed by atoms with Gasteiger partial charge >= 0.3 is 6.18 Å². The first kappa shape index (κ1) is 16.5. The average molecular weight is 344 g/mol. The molecule has 1 aliphatic heterocycles. The maximum Gasteiger partial charge on any atom is 0.401 e. The van der Waals surface area contributed by atoms with E-state index in [-0.39, 0.29) is 10.1 Å². The Hall–Kier alpha value is -0.910. The van der Waals surface area contributed by atoms with E-state index in [0.717, 1.165) is 17.5 Å². The van der Waals surface area contributed by atoms with Gasteiger partial charge in [0, 0.05) is 13.1 Å². The molecule has 1 aromatic heterocycles. The number of primary sulfonamides is 1. The summed E-state index contributed by atoms with van der Waals surface area (Å²) in [5.41, 5.74) is 0. The molecule has 2 heterocycles. The molecule has 0 spiro atoms. The molecule has 1 aromatic rings. The average Bonchev–Trinajstić information content (AvgIpc) is 2.91. The van der Waals surface area contributed by atoms with Gasteiger partial charge in [0.05, 0.1) is 12.7 Å². The van der Waals surface area contributed by atoms with Crippen molar-refractivity contribution in [3.8, 4) is 0 Å². The Morgan fingerprint density at radius 3 is 2.81 bits per heavy atom. The molecular formula is C10H15F3N4O2S2. The van der Waals surface area contributed by atoms with E-state index in [4.69, 9.17) is 5.14 Å². The van der Waals surface area contributed by atoms with Gasteiger partial charge in [0.2, 0.25) is 10.0 Å². The third kappa shape index (κ3) is 5.09. The number of anilines is 1. The van der Waals surface area contributed by atoms with Crippen LogP contribution in [0.15, 0.2) is 10.4 Å². The van der Waals surface area contributed by atoms with E-state index >= 15 is 0 Å². The van der Waals surface area contributed by atoms with Gasteiger partial charge in [-0.15, -0.1) is 0 Å². The number of halogens is 3. The van der Waals surface area contributed by atoms with Crippen molar-refractivity contribution in [2.24, 2.45) is 11.1 Å². The summed E-state index contributed by atoms with van der Waals surface area (Å²) < 4.78 is 58.9. The molecule has 120 valence electrons. The quantitative estimate of drug-likeness (QED) is 0.835. The zero-order chi connectivity index (χ0) is 15.7. The highest BCUT2D eigenvalue weighted by atomic mass is 32.2. The Morgan fingerprint density at radius 1 is 1.52 bits per heavy atom. The number of hydrogen-bond donors (Lipinski definition) is 2. The second kappa shape index (κ2) is 6.07. The number of nitrogens with one attached hydrogen (secondary N) is 1. The van der Waals surface area contributed by atoms with E-state index in [1.165, 1.54) is 4.90 Å². The summed E-state index contributed by atoms with van der Waals surface area (Å²) in [4.78, 5) is 5.24. The second-order valence-electron chi connectivity index (χ2n) is 4.92. The van der Waals surface area contributed by atoms with Crippen molar-refractivity contribution in [1.82, 2.24) is 9.88 Å². The summed E-state index contributed by atoms with van der Waals surface area (Å²) in [6.07, 6.45) is -2.36. The zero-order valence-electron chi connectivity index (χ0n) is 10.9. The van der Waals surface area contributed by atoms with Crippen molar-refractivity contribution >= 4 is 26.5 Å². The molecule has 11 heteroatoms. The van der Waals surface area contributed by atoms with Crippen LogP contribution in [-0.2, 0) is 10.0 Å². The summed E-state index contributed by atoms with van der Waals surface area (Å²) in [5, 5.41) is 8.31. The molecule has 3 N–H and O–H groups in total. The molecule has 0 saturated carbocycles. The Kier molecular flexibility index (Phi) is 4.76. The SMILES string of the molecule is NS(=O)(=O)c1cnc(NC[C@H]2CCN(CC(F)(F)F)C2)s1. The highest BCUT2D eigenvalue weighted by molar-refractivity contribution is 7.91. The number of alkyl halides is 3. The lowest BCUT2D eigenvalue weighted by Crippen LogP contribution is -2.33. The molecule has 0 unspecified atom stereocenters. The fraction of sp³-hybridized carbons (Fsp3) is 0.700. The van der Waals surface area contributed by atoms with Gasteiger partial charge in [-0.1, -0.05) is 11.3 Å². The van der Waals surface area contributed by atoms with Crippen LogP contribution in [0.1, 0.15) is 6.42 Å². The number of nitrogens with two attached hydrogens (primary N) is 1. The van der Waals surface area contributed by atoms with Crippen molar-refractivity contribution in [2.45, 2.75) is 16.8 Å². The van der Waals surface area contributed by atoms with Crippen LogP contribution in [0.5, 0.6) is 0 Å². The zero-order valence-corrected chi connectivity index (χ0v) is 12.6. The Morgan fingerprint density at radius 2 is 2.24 bits per heavy atom. The Balaban J connectivity index is 1.81. The lowest BCUT2D eigenvalue weighted by atomic mass is 10.1. The number of sulfonamides is 1. The third-order valence-electron chi connectivity index (χ3n) is 3.08. The van der Waals surface area contributed by atoms with Crippen LogP contribution in [-0.4, -0.2) is 50.7 Å². The molecule has 2 rings (SSSR count). The third-order valence-corrected chi connectivity index (χ3v) is 5.44. The van der Waals surface area contributed by atoms with Gasteiger partial charge in [-0.25, -0.2) is 18.5 Å². The number of likely N-dealkylation sites (tertiary alicyclic amines) is 1. The Labute approximate surface area is 124 Å². The van der Waals surface area contributed by atoms with Crippen LogP contribution in [0, 0.1) is 5.92 Å². The number of hydrogen-bond acceptors (Lipinski definition) is 6. The first-order valence-corrected chi connectivity index (χ1v) is 8.51. The van der Waals surface area contributed by atoms with Crippen molar-refractivity contribution in [2.75, 3.05) is 31.5 Å². The van der Waals surface area contributed by atoms with Crippen molar-refractivity contribution in [3.63, 3.8) is 0 Å². The number of nitrogens with zero attached hydrogens (tertiary/aromatic N) is 2. The number of rotatable bonds is 5. The normalized spacial score (nSPS) is 20.9. The molecule has 1 atom stereocenters. The molecule has 1 fully saturated rings. The van der Waals surface area contributed by atoms with E-state index in [1.54, 1.807) is 0 Å². The molecule has 0 amide bonds. The lowest BCUT2D eigenvalue weighted by Gasteiger charge is -2.17. The summed E-state index contributed by atoms with van der Waals surface area (Å²) in [6, 6.07) is 0. The summed E-state index contributed by atoms with van der Waals surface area (Å²) in [7, 11) is -3.77. The second-order valence-corrected chi connectivity index (χ2v) is 7.73. The van der Waals surface area contributed by atoms with Gasteiger partial charge in [-0.3, -0.25) is 4.90 Å². The van der Waals surface area contributed by atoms with Gasteiger partial charge in [0.1, 0.15) is 0 Å². The number of thiazole rings is 1. The van der Waals surface area contributed by atoms with Crippen molar-refractivity contribution in [3.05, 3.63) is 6.20 Å². The lowest BCUT2D eigenvalue weighted by molar-refractivity contribution is -0.143. The van der Waals surface area contributed by atoms with E-state index < -0.39 is 22.7 Å². The van der Waals surface area contributed by atoms with Crippen molar-refractivity contribution < 1.29 is 21.6 Å². The van der Waals surface area contributed by atoms with Crippen LogP contribution in [0.25, 0.3) is 0 Å². The van der Waals surface area contributed by atoms with Crippen LogP contribution in [0.4, 0.5) is 18.3 Å². The molecule has 0 radical (unpaired) electrons. The van der Waals surface area contributed by atoms with Gasteiger partial charge in [-0.05, 0) is 18.9 Å². The highest BCUT2D eigenvalue weighted by Gasteiger charge is 2.34. The first-order chi connectivity index (χ1) is 9.63.